The Labute approximate surface area is 179 Å². The summed E-state index contributed by atoms with van der Waals surface area (Å²) in [5.41, 5.74) is -0.704. The number of benzene rings is 1. The van der Waals surface area contributed by atoms with Crippen LogP contribution in [0.2, 0.25) is 0 Å². The Balaban J connectivity index is 1.46. The van der Waals surface area contributed by atoms with E-state index in [1.165, 1.54) is 11.3 Å². The van der Waals surface area contributed by atoms with Gasteiger partial charge in [-0.1, -0.05) is 32.0 Å². The molecule has 1 aromatic carbocycles. The summed E-state index contributed by atoms with van der Waals surface area (Å²) >= 11 is 1.43. The van der Waals surface area contributed by atoms with E-state index in [0.29, 0.717) is 23.4 Å². The van der Waals surface area contributed by atoms with Gasteiger partial charge in [0.1, 0.15) is 6.10 Å². The fraction of sp³-hybridized carbons (Fsp3) is 0.500. The Kier molecular flexibility index (Phi) is 5.55. The highest BCUT2D eigenvalue weighted by molar-refractivity contribution is 7.13. The quantitative estimate of drug-likeness (QED) is 0.524. The number of ether oxygens (including phenoxy) is 3. The summed E-state index contributed by atoms with van der Waals surface area (Å²) in [6, 6.07) is 9.72. The van der Waals surface area contributed by atoms with Gasteiger partial charge < -0.3 is 19.5 Å². The number of hydrogen-bond donors (Lipinski definition) is 1. The van der Waals surface area contributed by atoms with Gasteiger partial charge in [0.2, 0.25) is 0 Å². The third-order valence-corrected chi connectivity index (χ3v) is 6.17. The molecule has 3 atom stereocenters. The molecule has 8 heteroatoms. The first kappa shape index (κ1) is 20.8. The number of hydrogen-bond acceptors (Lipinski definition) is 8. The molecule has 3 heterocycles. The number of cyclic esters (lactones) is 2. The van der Waals surface area contributed by atoms with Gasteiger partial charge in [-0.2, -0.15) is 0 Å². The summed E-state index contributed by atoms with van der Waals surface area (Å²) in [6.45, 7) is 6.78. The minimum absolute atomic E-state index is 0.215. The molecule has 160 valence electrons. The summed E-state index contributed by atoms with van der Waals surface area (Å²) in [7, 11) is 0. The lowest BCUT2D eigenvalue weighted by atomic mass is 9.78. The van der Waals surface area contributed by atoms with E-state index in [9.17, 15) is 9.59 Å². The Hall–Kier alpha value is -2.45. The zero-order chi connectivity index (χ0) is 21.4. The maximum atomic E-state index is 12.8. The lowest BCUT2D eigenvalue weighted by Crippen LogP contribution is -2.32. The molecule has 0 amide bonds. The van der Waals surface area contributed by atoms with Crippen molar-refractivity contribution in [2.24, 2.45) is 11.3 Å². The van der Waals surface area contributed by atoms with Crippen molar-refractivity contribution in [1.29, 1.82) is 0 Å². The van der Waals surface area contributed by atoms with Crippen molar-refractivity contribution in [3.8, 4) is 0 Å². The number of carbonyl (C=O) groups is 2. The molecule has 1 spiro atoms. The second-order valence-electron chi connectivity index (χ2n) is 8.57. The van der Waals surface area contributed by atoms with E-state index in [-0.39, 0.29) is 19.4 Å². The monoisotopic (exact) mass is 430 g/mol. The van der Waals surface area contributed by atoms with Crippen LogP contribution in [-0.4, -0.2) is 36.2 Å². The average molecular weight is 431 g/mol. The summed E-state index contributed by atoms with van der Waals surface area (Å²) < 4.78 is 16.8. The molecule has 1 N–H and O–H groups in total. The second-order valence-corrected chi connectivity index (χ2v) is 9.43. The van der Waals surface area contributed by atoms with Gasteiger partial charge in [-0.05, 0) is 25.0 Å². The zero-order valence-electron chi connectivity index (χ0n) is 17.3. The number of aromatic nitrogens is 1. The van der Waals surface area contributed by atoms with Crippen molar-refractivity contribution in [2.75, 3.05) is 18.5 Å². The molecule has 2 aromatic rings. The van der Waals surface area contributed by atoms with Gasteiger partial charge in [-0.3, -0.25) is 9.59 Å². The number of rotatable bonds is 7. The second kappa shape index (κ2) is 8.00. The molecule has 2 aliphatic rings. The highest BCUT2D eigenvalue weighted by Gasteiger charge is 2.65. The van der Waals surface area contributed by atoms with Crippen LogP contribution in [0.15, 0.2) is 35.7 Å². The van der Waals surface area contributed by atoms with Crippen LogP contribution in [0.4, 0.5) is 10.8 Å². The first-order valence-electron chi connectivity index (χ1n) is 10.1. The van der Waals surface area contributed by atoms with Crippen molar-refractivity contribution in [3.05, 3.63) is 41.4 Å². The van der Waals surface area contributed by atoms with E-state index in [0.717, 1.165) is 5.69 Å². The fourth-order valence-electron chi connectivity index (χ4n) is 3.97. The van der Waals surface area contributed by atoms with Gasteiger partial charge in [-0.25, -0.2) is 4.98 Å². The predicted molar refractivity (Wildman–Crippen MR) is 112 cm³/mol. The number of para-hydroxylation sites is 1. The summed E-state index contributed by atoms with van der Waals surface area (Å²) in [4.78, 5) is 30.1. The highest BCUT2D eigenvalue weighted by Crippen LogP contribution is 2.52. The summed E-state index contributed by atoms with van der Waals surface area (Å²) in [5, 5.41) is 5.80. The highest BCUT2D eigenvalue weighted by atomic mass is 32.1. The maximum Gasteiger partial charge on any atom is 0.324 e. The molecule has 0 aliphatic carbocycles. The Bertz CT molecular complexity index is 931. The first-order chi connectivity index (χ1) is 14.3. The maximum absolute atomic E-state index is 12.8. The largest absolute Gasteiger partial charge is 0.459 e. The Morgan fingerprint density at radius 2 is 2.03 bits per heavy atom. The zero-order valence-corrected chi connectivity index (χ0v) is 18.2. The Morgan fingerprint density at radius 3 is 2.77 bits per heavy atom. The third-order valence-electron chi connectivity index (χ3n) is 5.41. The summed E-state index contributed by atoms with van der Waals surface area (Å²) in [6.07, 6.45) is 0.0571. The Morgan fingerprint density at radius 1 is 1.27 bits per heavy atom. The fourth-order valence-corrected chi connectivity index (χ4v) is 4.82. The molecule has 1 aromatic heterocycles. The standard InChI is InChI=1S/C22H26N2O5S/c1-14(2)10-27-11-16-9-22(18(25)28-16)13-21(3,29-19(22)26)17-12-30-20(24-17)23-15-7-5-4-6-8-15/h4-8,12,14,16H,9-11,13H2,1-3H3,(H,23,24)/t16-,21+,22-/m0/s1. The molecule has 0 saturated carbocycles. The van der Waals surface area contributed by atoms with Crippen molar-refractivity contribution >= 4 is 34.1 Å². The van der Waals surface area contributed by atoms with Crippen LogP contribution in [0.25, 0.3) is 0 Å². The molecule has 0 unspecified atom stereocenters. The van der Waals surface area contributed by atoms with Gasteiger partial charge in [-0.15, -0.1) is 11.3 Å². The molecule has 4 rings (SSSR count). The van der Waals surface area contributed by atoms with Crippen LogP contribution >= 0.6 is 11.3 Å². The van der Waals surface area contributed by atoms with Gasteiger partial charge in [0.05, 0.1) is 12.3 Å². The van der Waals surface area contributed by atoms with Crippen molar-refractivity contribution in [3.63, 3.8) is 0 Å². The number of nitrogens with zero attached hydrogens (tertiary/aromatic N) is 1. The molecule has 2 aliphatic heterocycles. The predicted octanol–water partition coefficient (Wildman–Crippen LogP) is 4.02. The van der Waals surface area contributed by atoms with E-state index in [4.69, 9.17) is 14.2 Å². The van der Waals surface area contributed by atoms with Crippen molar-refractivity contribution < 1.29 is 23.8 Å². The van der Waals surface area contributed by atoms with Crippen LogP contribution in [-0.2, 0) is 29.4 Å². The molecular formula is C22H26N2O5S. The van der Waals surface area contributed by atoms with E-state index in [1.807, 2.05) is 35.7 Å². The van der Waals surface area contributed by atoms with E-state index < -0.39 is 29.1 Å². The third kappa shape index (κ3) is 3.94. The smallest absolute Gasteiger partial charge is 0.324 e. The van der Waals surface area contributed by atoms with Crippen LogP contribution in [0.5, 0.6) is 0 Å². The normalized spacial score (nSPS) is 28.2. The number of carbonyl (C=O) groups excluding carboxylic acids is 2. The molecule has 0 radical (unpaired) electrons. The number of esters is 2. The van der Waals surface area contributed by atoms with Gasteiger partial charge in [0, 0.05) is 30.5 Å². The molecule has 2 saturated heterocycles. The van der Waals surface area contributed by atoms with E-state index in [1.54, 1.807) is 6.92 Å². The lowest BCUT2D eigenvalue weighted by Gasteiger charge is -2.20. The molecule has 30 heavy (non-hydrogen) atoms. The molecular weight excluding hydrogens is 404 g/mol. The topological polar surface area (TPSA) is 86.8 Å². The number of anilines is 2. The van der Waals surface area contributed by atoms with Crippen LogP contribution in [0.3, 0.4) is 0 Å². The van der Waals surface area contributed by atoms with Crippen LogP contribution in [0, 0.1) is 11.3 Å². The van der Waals surface area contributed by atoms with Crippen molar-refractivity contribution in [2.45, 2.75) is 45.3 Å². The number of thiazole rings is 1. The van der Waals surface area contributed by atoms with Gasteiger partial charge >= 0.3 is 11.9 Å². The van der Waals surface area contributed by atoms with Crippen molar-refractivity contribution in [1.82, 2.24) is 4.98 Å². The first-order valence-corrected chi connectivity index (χ1v) is 11.0. The van der Waals surface area contributed by atoms with Gasteiger partial charge in [0.15, 0.2) is 16.1 Å². The molecule has 7 nitrogen and oxygen atoms in total. The van der Waals surface area contributed by atoms with E-state index in [2.05, 4.69) is 24.1 Å². The minimum atomic E-state index is -1.28. The average Bonchev–Trinajstić information content (AvgIpc) is 3.35. The minimum Gasteiger partial charge on any atom is -0.459 e. The summed E-state index contributed by atoms with van der Waals surface area (Å²) in [5.74, 6) is -0.668. The number of nitrogens with one attached hydrogen (secondary N) is 1. The molecule has 2 fully saturated rings. The van der Waals surface area contributed by atoms with Crippen LogP contribution in [0.1, 0.15) is 39.3 Å². The lowest BCUT2D eigenvalue weighted by molar-refractivity contribution is -0.160. The SMILES string of the molecule is CC(C)COC[C@@H]1C[C@]2(C[C@](C)(c3csc(Nc4ccccc4)n3)OC2=O)C(=O)O1. The van der Waals surface area contributed by atoms with Crippen LogP contribution < -0.4 is 5.32 Å². The van der Waals surface area contributed by atoms with E-state index >= 15 is 0 Å². The van der Waals surface area contributed by atoms with Gasteiger partial charge in [0.25, 0.3) is 0 Å². The molecule has 0 bridgehead atoms.